The molecule has 1 aliphatic carbocycles. The van der Waals surface area contributed by atoms with Gasteiger partial charge in [0.2, 0.25) is 0 Å². The zero-order valence-corrected chi connectivity index (χ0v) is 12.9. The second kappa shape index (κ2) is 6.69. The quantitative estimate of drug-likeness (QED) is 0.831. The van der Waals surface area contributed by atoms with Crippen molar-refractivity contribution < 1.29 is 0 Å². The molecule has 100 valence electrons. The highest BCUT2D eigenvalue weighted by molar-refractivity contribution is 9.10. The lowest BCUT2D eigenvalue weighted by molar-refractivity contribution is 0.315. The van der Waals surface area contributed by atoms with Crippen LogP contribution in [0.1, 0.15) is 25.3 Å². The fourth-order valence-corrected chi connectivity index (χ4v) is 2.72. The van der Waals surface area contributed by atoms with E-state index in [1.165, 1.54) is 18.4 Å². The minimum atomic E-state index is 0.698. The van der Waals surface area contributed by atoms with Gasteiger partial charge in [-0.25, -0.2) is 0 Å². The molecule has 3 heteroatoms. The third-order valence-electron chi connectivity index (χ3n) is 3.63. The molecule has 18 heavy (non-hydrogen) atoms. The lowest BCUT2D eigenvalue weighted by atomic mass is 10.2. The lowest BCUT2D eigenvalue weighted by Gasteiger charge is -2.19. The van der Waals surface area contributed by atoms with Gasteiger partial charge in [0.15, 0.2) is 0 Å². The van der Waals surface area contributed by atoms with E-state index in [1.807, 2.05) is 0 Å². The Morgan fingerprint density at radius 2 is 2.22 bits per heavy atom. The summed E-state index contributed by atoms with van der Waals surface area (Å²) in [6, 6.07) is 9.24. The SMILES string of the molecule is CC(NCCN(C)Cc1cccc(Br)c1)C1CC1. The van der Waals surface area contributed by atoms with Crippen LogP contribution < -0.4 is 5.32 Å². The van der Waals surface area contributed by atoms with Gasteiger partial charge in [-0.2, -0.15) is 0 Å². The van der Waals surface area contributed by atoms with Gasteiger partial charge in [-0.1, -0.05) is 28.1 Å². The molecule has 1 aromatic rings. The van der Waals surface area contributed by atoms with Crippen LogP contribution in [-0.2, 0) is 6.54 Å². The van der Waals surface area contributed by atoms with Gasteiger partial charge in [0, 0.05) is 30.1 Å². The van der Waals surface area contributed by atoms with E-state index in [-0.39, 0.29) is 0 Å². The summed E-state index contributed by atoms with van der Waals surface area (Å²) in [5, 5.41) is 3.62. The first-order valence-corrected chi connectivity index (χ1v) is 7.61. The highest BCUT2D eigenvalue weighted by Gasteiger charge is 2.27. The average molecular weight is 311 g/mol. The van der Waals surface area contributed by atoms with E-state index in [2.05, 4.69) is 64.4 Å². The molecule has 1 aromatic carbocycles. The van der Waals surface area contributed by atoms with Gasteiger partial charge < -0.3 is 10.2 Å². The van der Waals surface area contributed by atoms with E-state index in [0.717, 1.165) is 30.0 Å². The predicted octanol–water partition coefficient (Wildman–Crippen LogP) is 3.27. The summed E-state index contributed by atoms with van der Waals surface area (Å²) in [6.07, 6.45) is 2.84. The Labute approximate surface area is 119 Å². The van der Waals surface area contributed by atoms with Gasteiger partial charge in [-0.05, 0) is 50.4 Å². The van der Waals surface area contributed by atoms with Crippen molar-refractivity contribution in [2.75, 3.05) is 20.1 Å². The maximum atomic E-state index is 3.62. The Bertz CT molecular complexity index is 377. The van der Waals surface area contributed by atoms with Crippen LogP contribution in [-0.4, -0.2) is 31.1 Å². The molecule has 1 N–H and O–H groups in total. The maximum Gasteiger partial charge on any atom is 0.0231 e. The fourth-order valence-electron chi connectivity index (χ4n) is 2.27. The fraction of sp³-hybridized carbons (Fsp3) is 0.600. The number of hydrogen-bond donors (Lipinski definition) is 1. The number of nitrogens with zero attached hydrogens (tertiary/aromatic N) is 1. The molecular formula is C15H23BrN2. The molecule has 1 unspecified atom stereocenters. The van der Waals surface area contributed by atoms with Crippen LogP contribution >= 0.6 is 15.9 Å². The molecule has 0 aliphatic heterocycles. The summed E-state index contributed by atoms with van der Waals surface area (Å²) in [5.74, 6) is 0.945. The van der Waals surface area contributed by atoms with Crippen LogP contribution in [0.15, 0.2) is 28.7 Å². The molecule has 0 bridgehead atoms. The molecule has 1 atom stereocenters. The Morgan fingerprint density at radius 1 is 1.44 bits per heavy atom. The van der Waals surface area contributed by atoms with Crippen LogP contribution in [0.4, 0.5) is 0 Å². The van der Waals surface area contributed by atoms with Crippen LogP contribution in [0, 0.1) is 5.92 Å². The Kier molecular flexibility index (Phi) is 5.22. The van der Waals surface area contributed by atoms with Gasteiger partial charge in [0.05, 0.1) is 0 Å². The molecule has 0 amide bonds. The third-order valence-corrected chi connectivity index (χ3v) is 4.12. The molecule has 0 spiro atoms. The summed E-state index contributed by atoms with van der Waals surface area (Å²) in [7, 11) is 2.18. The Hall–Kier alpha value is -0.380. The van der Waals surface area contributed by atoms with Gasteiger partial charge in [0.25, 0.3) is 0 Å². The van der Waals surface area contributed by atoms with Crippen LogP contribution in [0.25, 0.3) is 0 Å². The summed E-state index contributed by atoms with van der Waals surface area (Å²) >= 11 is 3.52. The van der Waals surface area contributed by atoms with Crippen molar-refractivity contribution in [1.82, 2.24) is 10.2 Å². The standard InChI is InChI=1S/C15H23BrN2/c1-12(14-6-7-14)17-8-9-18(2)11-13-4-3-5-15(16)10-13/h3-5,10,12,14,17H,6-9,11H2,1-2H3. The van der Waals surface area contributed by atoms with E-state index < -0.39 is 0 Å². The number of nitrogens with one attached hydrogen (secondary N) is 1. The number of benzene rings is 1. The molecule has 0 heterocycles. The molecule has 1 saturated carbocycles. The highest BCUT2D eigenvalue weighted by Crippen LogP contribution is 2.32. The van der Waals surface area contributed by atoms with E-state index >= 15 is 0 Å². The van der Waals surface area contributed by atoms with Crippen molar-refractivity contribution in [3.63, 3.8) is 0 Å². The lowest BCUT2D eigenvalue weighted by Crippen LogP contribution is -2.35. The first kappa shape index (κ1) is 14.0. The number of likely N-dealkylation sites (N-methyl/N-ethyl adjacent to an activating group) is 1. The summed E-state index contributed by atoms with van der Waals surface area (Å²) < 4.78 is 1.16. The third kappa shape index (κ3) is 4.71. The molecule has 0 aromatic heterocycles. The monoisotopic (exact) mass is 310 g/mol. The minimum Gasteiger partial charge on any atom is -0.313 e. The topological polar surface area (TPSA) is 15.3 Å². The van der Waals surface area contributed by atoms with Crippen molar-refractivity contribution in [1.29, 1.82) is 0 Å². The first-order valence-electron chi connectivity index (χ1n) is 6.81. The van der Waals surface area contributed by atoms with Crippen molar-refractivity contribution in [3.05, 3.63) is 34.3 Å². The average Bonchev–Trinajstić information content (AvgIpc) is 3.12. The zero-order valence-electron chi connectivity index (χ0n) is 11.3. The Balaban J connectivity index is 1.66. The number of rotatable bonds is 7. The smallest absolute Gasteiger partial charge is 0.0231 e. The van der Waals surface area contributed by atoms with E-state index in [1.54, 1.807) is 0 Å². The van der Waals surface area contributed by atoms with Crippen LogP contribution in [0.2, 0.25) is 0 Å². The molecule has 2 rings (SSSR count). The van der Waals surface area contributed by atoms with Gasteiger partial charge in [-0.15, -0.1) is 0 Å². The highest BCUT2D eigenvalue weighted by atomic mass is 79.9. The second-order valence-corrected chi connectivity index (χ2v) is 6.36. The number of halogens is 1. The van der Waals surface area contributed by atoms with Crippen LogP contribution in [0.5, 0.6) is 0 Å². The predicted molar refractivity (Wildman–Crippen MR) is 80.7 cm³/mol. The largest absolute Gasteiger partial charge is 0.313 e. The molecule has 1 aliphatic rings. The summed E-state index contributed by atoms with van der Waals surface area (Å²) in [6.45, 7) is 5.51. The second-order valence-electron chi connectivity index (χ2n) is 5.45. The van der Waals surface area contributed by atoms with E-state index in [9.17, 15) is 0 Å². The molecule has 0 saturated heterocycles. The normalized spacial score (nSPS) is 17.1. The van der Waals surface area contributed by atoms with Gasteiger partial charge in [-0.3, -0.25) is 0 Å². The van der Waals surface area contributed by atoms with E-state index in [0.29, 0.717) is 6.04 Å². The molecule has 2 nitrogen and oxygen atoms in total. The minimum absolute atomic E-state index is 0.698. The Morgan fingerprint density at radius 3 is 2.89 bits per heavy atom. The molecule has 1 fully saturated rings. The van der Waals surface area contributed by atoms with Crippen molar-refractivity contribution in [3.8, 4) is 0 Å². The summed E-state index contributed by atoms with van der Waals surface area (Å²) in [5.41, 5.74) is 1.36. The molecular weight excluding hydrogens is 288 g/mol. The molecule has 0 radical (unpaired) electrons. The first-order chi connectivity index (χ1) is 8.65. The van der Waals surface area contributed by atoms with Crippen molar-refractivity contribution in [2.24, 2.45) is 5.92 Å². The zero-order chi connectivity index (χ0) is 13.0. The number of hydrogen-bond acceptors (Lipinski definition) is 2. The van der Waals surface area contributed by atoms with Crippen LogP contribution in [0.3, 0.4) is 0 Å². The van der Waals surface area contributed by atoms with E-state index in [4.69, 9.17) is 0 Å². The van der Waals surface area contributed by atoms with Crippen molar-refractivity contribution >= 4 is 15.9 Å². The van der Waals surface area contributed by atoms with Gasteiger partial charge >= 0.3 is 0 Å². The van der Waals surface area contributed by atoms with Gasteiger partial charge in [0.1, 0.15) is 0 Å². The summed E-state index contributed by atoms with van der Waals surface area (Å²) in [4.78, 5) is 2.37. The maximum absolute atomic E-state index is 3.62. The van der Waals surface area contributed by atoms with Crippen molar-refractivity contribution in [2.45, 2.75) is 32.4 Å².